The van der Waals surface area contributed by atoms with E-state index in [0.29, 0.717) is 35.7 Å². The molecule has 1 amide bonds. The minimum atomic E-state index is -3.71. The fourth-order valence-corrected chi connectivity index (χ4v) is 5.77. The summed E-state index contributed by atoms with van der Waals surface area (Å²) in [6.07, 6.45) is 1.13. The van der Waals surface area contributed by atoms with Gasteiger partial charge in [0.15, 0.2) is 11.5 Å². The van der Waals surface area contributed by atoms with Gasteiger partial charge in [-0.05, 0) is 57.2 Å². The Balaban J connectivity index is 1.51. The Kier molecular flexibility index (Phi) is 7.78. The summed E-state index contributed by atoms with van der Waals surface area (Å²) in [6.45, 7) is 2.33. The van der Waals surface area contributed by atoms with Gasteiger partial charge < -0.3 is 15.4 Å². The number of alkyl halides is 2. The van der Waals surface area contributed by atoms with E-state index in [9.17, 15) is 22.0 Å². The normalized spacial score (nSPS) is 17.3. The number of anilines is 4. The van der Waals surface area contributed by atoms with E-state index in [0.717, 1.165) is 41.9 Å². The molecule has 15 heteroatoms. The number of ether oxygens (including phenoxy) is 1. The molecule has 0 radical (unpaired) electrons. The number of benzene rings is 1. The van der Waals surface area contributed by atoms with Crippen LogP contribution in [0.2, 0.25) is 0 Å². The van der Waals surface area contributed by atoms with Crippen molar-refractivity contribution in [2.45, 2.75) is 51.7 Å². The second-order valence-electron chi connectivity index (χ2n) is 11.3. The number of halogens is 2. The molecule has 1 saturated heterocycles. The Labute approximate surface area is 253 Å². The molecular formula is C29H34F2N8O4S. The lowest BCUT2D eigenvalue weighted by molar-refractivity contribution is -0.117. The van der Waals surface area contributed by atoms with Crippen LogP contribution in [-0.2, 0) is 26.6 Å². The summed E-state index contributed by atoms with van der Waals surface area (Å²) < 4.78 is 64.2. The standard InChI is InChI=1S/C29H34F2N8O4S/c1-16-13-20(36-37(16)2)18-10-11-19(22(14-18)38(3)44(4,41)42)32-21-15-23(34-29(40)17-8-9-17)33-27-25(21)35-28(26(30)31)39(27)24-7-5-6-12-43-24/h10-11,13-15,17,24,26H,5-9,12H2,1-4H3,(H2,32,33,34,40). The number of nitrogens with zero attached hydrogens (tertiary/aromatic N) is 6. The van der Waals surface area contributed by atoms with Crippen LogP contribution in [0, 0.1) is 12.8 Å². The van der Waals surface area contributed by atoms with Gasteiger partial charge in [-0.1, -0.05) is 6.07 Å². The molecular weight excluding hydrogens is 594 g/mol. The van der Waals surface area contributed by atoms with Crippen molar-refractivity contribution in [3.05, 3.63) is 41.9 Å². The van der Waals surface area contributed by atoms with Crippen LogP contribution in [0.25, 0.3) is 22.4 Å². The number of carbonyl (C=O) groups excluding carboxylic acids is 1. The number of amides is 1. The van der Waals surface area contributed by atoms with Crippen molar-refractivity contribution >= 4 is 50.0 Å². The zero-order chi connectivity index (χ0) is 31.3. The van der Waals surface area contributed by atoms with Crippen molar-refractivity contribution in [3.63, 3.8) is 0 Å². The molecule has 44 heavy (non-hydrogen) atoms. The fraction of sp³-hybridized carbons (Fsp3) is 0.448. The molecule has 0 bridgehead atoms. The fourth-order valence-electron chi connectivity index (χ4n) is 5.26. The van der Waals surface area contributed by atoms with E-state index < -0.39 is 28.5 Å². The number of pyridine rings is 1. The molecule has 2 aliphatic rings. The summed E-state index contributed by atoms with van der Waals surface area (Å²) >= 11 is 0. The molecule has 2 N–H and O–H groups in total. The van der Waals surface area contributed by atoms with Crippen LogP contribution >= 0.6 is 0 Å². The first-order valence-electron chi connectivity index (χ1n) is 14.4. The Bertz CT molecular complexity index is 1830. The number of hydrogen-bond acceptors (Lipinski definition) is 8. The summed E-state index contributed by atoms with van der Waals surface area (Å²) in [5.41, 5.74) is 3.45. The van der Waals surface area contributed by atoms with Gasteiger partial charge in [-0.25, -0.2) is 27.2 Å². The summed E-state index contributed by atoms with van der Waals surface area (Å²) in [4.78, 5) is 21.6. The maximum atomic E-state index is 14.4. The number of carbonyl (C=O) groups is 1. The van der Waals surface area contributed by atoms with Gasteiger partial charge >= 0.3 is 0 Å². The number of aromatic nitrogens is 5. The Hall–Kier alpha value is -4.11. The first-order chi connectivity index (χ1) is 20.9. The van der Waals surface area contributed by atoms with E-state index in [4.69, 9.17) is 4.74 Å². The number of aryl methyl sites for hydroxylation is 2. The summed E-state index contributed by atoms with van der Waals surface area (Å²) in [5.74, 6) is -0.662. The second-order valence-corrected chi connectivity index (χ2v) is 13.3. The first-order valence-corrected chi connectivity index (χ1v) is 16.2. The maximum Gasteiger partial charge on any atom is 0.295 e. The van der Waals surface area contributed by atoms with E-state index in [1.165, 1.54) is 17.7 Å². The van der Waals surface area contributed by atoms with E-state index in [-0.39, 0.29) is 34.5 Å². The highest BCUT2D eigenvalue weighted by molar-refractivity contribution is 7.92. The minimum absolute atomic E-state index is 0.120. The molecule has 1 saturated carbocycles. The van der Waals surface area contributed by atoms with Gasteiger partial charge in [-0.3, -0.25) is 18.3 Å². The lowest BCUT2D eigenvalue weighted by atomic mass is 10.1. The van der Waals surface area contributed by atoms with Crippen molar-refractivity contribution in [3.8, 4) is 11.3 Å². The lowest BCUT2D eigenvalue weighted by Crippen LogP contribution is -2.25. The van der Waals surface area contributed by atoms with Gasteiger partial charge in [-0.15, -0.1) is 0 Å². The van der Waals surface area contributed by atoms with Crippen LogP contribution in [-0.4, -0.2) is 58.6 Å². The largest absolute Gasteiger partial charge is 0.358 e. The minimum Gasteiger partial charge on any atom is -0.358 e. The van der Waals surface area contributed by atoms with Crippen molar-refractivity contribution in [1.29, 1.82) is 0 Å². The number of nitrogens with one attached hydrogen (secondary N) is 2. The quantitative estimate of drug-likeness (QED) is 0.256. The predicted octanol–water partition coefficient (Wildman–Crippen LogP) is 5.26. The van der Waals surface area contributed by atoms with Gasteiger partial charge in [0.05, 0.1) is 29.0 Å². The van der Waals surface area contributed by atoms with Gasteiger partial charge in [0.2, 0.25) is 15.9 Å². The van der Waals surface area contributed by atoms with Crippen LogP contribution in [0.3, 0.4) is 0 Å². The zero-order valence-electron chi connectivity index (χ0n) is 24.8. The first kappa shape index (κ1) is 29.9. The Morgan fingerprint density at radius 2 is 1.89 bits per heavy atom. The van der Waals surface area contributed by atoms with E-state index >= 15 is 0 Å². The Morgan fingerprint density at radius 3 is 2.50 bits per heavy atom. The number of rotatable bonds is 9. The summed E-state index contributed by atoms with van der Waals surface area (Å²) in [7, 11) is -0.463. The van der Waals surface area contributed by atoms with E-state index in [1.807, 2.05) is 20.0 Å². The number of fused-ring (bicyclic) bond motifs is 1. The molecule has 1 aliphatic heterocycles. The van der Waals surface area contributed by atoms with Crippen molar-refractivity contribution < 1.29 is 26.7 Å². The predicted molar refractivity (Wildman–Crippen MR) is 163 cm³/mol. The summed E-state index contributed by atoms with van der Waals surface area (Å²) in [5, 5.41) is 10.5. The molecule has 4 aromatic rings. The lowest BCUT2D eigenvalue weighted by Gasteiger charge is -2.25. The highest BCUT2D eigenvalue weighted by atomic mass is 32.2. The van der Waals surface area contributed by atoms with Gasteiger partial charge in [0.25, 0.3) is 6.43 Å². The van der Waals surface area contributed by atoms with Crippen LogP contribution in [0.5, 0.6) is 0 Å². The average molecular weight is 629 g/mol. The SMILES string of the molecule is Cc1cc(-c2ccc(Nc3cc(NC(=O)C4CC4)nc4c3nc(C(F)F)n4C3CCCCO3)c(N(C)S(C)(=O)=O)c2)nn1C. The number of hydrogen-bond donors (Lipinski definition) is 2. The van der Waals surface area contributed by atoms with Gasteiger partial charge in [0, 0.05) is 43.9 Å². The van der Waals surface area contributed by atoms with E-state index in [2.05, 4.69) is 25.7 Å². The highest BCUT2D eigenvalue weighted by Gasteiger charge is 2.32. The van der Waals surface area contributed by atoms with Crippen molar-refractivity contribution in [2.75, 3.05) is 34.8 Å². The zero-order valence-corrected chi connectivity index (χ0v) is 25.7. The molecule has 234 valence electrons. The molecule has 12 nitrogen and oxygen atoms in total. The van der Waals surface area contributed by atoms with Gasteiger partial charge in [0.1, 0.15) is 17.6 Å². The maximum absolute atomic E-state index is 14.4. The monoisotopic (exact) mass is 628 g/mol. The van der Waals surface area contributed by atoms with Crippen LogP contribution in [0.1, 0.15) is 56.3 Å². The van der Waals surface area contributed by atoms with Crippen molar-refractivity contribution in [1.82, 2.24) is 24.3 Å². The number of imidazole rings is 1. The molecule has 1 unspecified atom stereocenters. The highest BCUT2D eigenvalue weighted by Crippen LogP contribution is 2.39. The molecule has 1 aromatic carbocycles. The smallest absolute Gasteiger partial charge is 0.295 e. The third-order valence-electron chi connectivity index (χ3n) is 8.03. The molecule has 1 aliphatic carbocycles. The third-order valence-corrected chi connectivity index (χ3v) is 9.22. The third kappa shape index (κ3) is 5.85. The van der Waals surface area contributed by atoms with Crippen LogP contribution in [0.15, 0.2) is 30.3 Å². The van der Waals surface area contributed by atoms with Crippen LogP contribution in [0.4, 0.5) is 31.7 Å². The van der Waals surface area contributed by atoms with Crippen molar-refractivity contribution in [2.24, 2.45) is 13.0 Å². The molecule has 3 aromatic heterocycles. The Morgan fingerprint density at radius 1 is 1.11 bits per heavy atom. The van der Waals surface area contributed by atoms with Crippen LogP contribution < -0.4 is 14.9 Å². The molecule has 1 atom stereocenters. The molecule has 4 heterocycles. The summed E-state index contributed by atoms with van der Waals surface area (Å²) in [6, 6.07) is 8.59. The second kappa shape index (κ2) is 11.4. The molecule has 6 rings (SSSR count). The number of sulfonamides is 1. The average Bonchev–Trinajstić information content (AvgIpc) is 3.68. The van der Waals surface area contributed by atoms with E-state index in [1.54, 1.807) is 22.9 Å². The molecule has 2 fully saturated rings. The topological polar surface area (TPSA) is 136 Å². The van der Waals surface area contributed by atoms with Gasteiger partial charge in [-0.2, -0.15) is 5.10 Å². The molecule has 0 spiro atoms.